The van der Waals surface area contributed by atoms with Gasteiger partial charge in [0.25, 0.3) is 5.91 Å². The van der Waals surface area contributed by atoms with Gasteiger partial charge in [-0.2, -0.15) is 0 Å². The molecule has 1 saturated heterocycles. The summed E-state index contributed by atoms with van der Waals surface area (Å²) in [6, 6.07) is 4.63. The van der Waals surface area contributed by atoms with Crippen LogP contribution in [0.2, 0.25) is 0 Å². The van der Waals surface area contributed by atoms with Crippen LogP contribution in [-0.2, 0) is 9.53 Å². The van der Waals surface area contributed by atoms with Gasteiger partial charge >= 0.3 is 0 Å². The van der Waals surface area contributed by atoms with E-state index in [-0.39, 0.29) is 24.6 Å². The molecular formula is C12H14FNO2. The summed E-state index contributed by atoms with van der Waals surface area (Å²) < 4.78 is 18.4. The molecule has 86 valence electrons. The van der Waals surface area contributed by atoms with Gasteiger partial charge in [0, 0.05) is 5.69 Å². The van der Waals surface area contributed by atoms with E-state index in [1.165, 1.54) is 6.07 Å². The van der Waals surface area contributed by atoms with Crippen molar-refractivity contribution in [3.8, 4) is 0 Å². The first-order chi connectivity index (χ1) is 7.63. The third-order valence-electron chi connectivity index (χ3n) is 2.77. The molecule has 0 saturated carbocycles. The maximum absolute atomic E-state index is 13.1. The second kappa shape index (κ2) is 4.22. The molecule has 0 aliphatic carbocycles. The molecule has 2 rings (SSSR count). The lowest BCUT2D eigenvalue weighted by molar-refractivity contribution is -0.122. The summed E-state index contributed by atoms with van der Waals surface area (Å²) in [4.78, 5) is 13.4. The lowest BCUT2D eigenvalue weighted by Gasteiger charge is -2.14. The fraction of sp³-hybridized carbons (Fsp3) is 0.417. The van der Waals surface area contributed by atoms with Gasteiger partial charge in [-0.25, -0.2) is 4.39 Å². The summed E-state index contributed by atoms with van der Waals surface area (Å²) >= 11 is 0. The molecule has 1 aromatic rings. The highest BCUT2D eigenvalue weighted by molar-refractivity contribution is 5.97. The number of hydrogen-bond donors (Lipinski definition) is 0. The standard InChI is InChI=1S/C12H14FNO2/c1-3-11-12(15)14(7-16-11)9-4-5-10(13)8(2)6-9/h4-6,11H,3,7H2,1-2H3. The van der Waals surface area contributed by atoms with Crippen molar-refractivity contribution in [3.63, 3.8) is 0 Å². The third kappa shape index (κ3) is 1.80. The molecule has 0 aromatic heterocycles. The van der Waals surface area contributed by atoms with E-state index in [2.05, 4.69) is 0 Å². The Labute approximate surface area is 93.8 Å². The molecule has 3 nitrogen and oxygen atoms in total. The van der Waals surface area contributed by atoms with E-state index < -0.39 is 0 Å². The van der Waals surface area contributed by atoms with Crippen molar-refractivity contribution in [1.82, 2.24) is 0 Å². The maximum Gasteiger partial charge on any atom is 0.258 e. The maximum atomic E-state index is 13.1. The van der Waals surface area contributed by atoms with Crippen LogP contribution in [0.15, 0.2) is 18.2 Å². The molecule has 16 heavy (non-hydrogen) atoms. The number of carbonyl (C=O) groups excluding carboxylic acids is 1. The number of carbonyl (C=O) groups is 1. The molecule has 0 spiro atoms. The highest BCUT2D eigenvalue weighted by Crippen LogP contribution is 2.24. The van der Waals surface area contributed by atoms with Gasteiger partial charge in [0.05, 0.1) is 0 Å². The van der Waals surface area contributed by atoms with Gasteiger partial charge in [-0.15, -0.1) is 0 Å². The summed E-state index contributed by atoms with van der Waals surface area (Å²) in [7, 11) is 0. The van der Waals surface area contributed by atoms with E-state index in [0.717, 1.165) is 0 Å². The lowest BCUT2D eigenvalue weighted by Crippen LogP contribution is -2.29. The zero-order valence-corrected chi connectivity index (χ0v) is 9.37. The van der Waals surface area contributed by atoms with E-state index in [1.54, 1.807) is 24.0 Å². The molecule has 0 bridgehead atoms. The fourth-order valence-electron chi connectivity index (χ4n) is 1.76. The van der Waals surface area contributed by atoms with Crippen molar-refractivity contribution >= 4 is 11.6 Å². The van der Waals surface area contributed by atoms with E-state index >= 15 is 0 Å². The van der Waals surface area contributed by atoms with Crippen LogP contribution in [0, 0.1) is 12.7 Å². The minimum absolute atomic E-state index is 0.0477. The molecular weight excluding hydrogens is 209 g/mol. The van der Waals surface area contributed by atoms with Crippen molar-refractivity contribution in [2.45, 2.75) is 26.4 Å². The molecule has 1 unspecified atom stereocenters. The topological polar surface area (TPSA) is 29.5 Å². The predicted molar refractivity (Wildman–Crippen MR) is 58.7 cm³/mol. The Balaban J connectivity index is 2.25. The van der Waals surface area contributed by atoms with Gasteiger partial charge in [0.15, 0.2) is 0 Å². The van der Waals surface area contributed by atoms with Gasteiger partial charge in [-0.3, -0.25) is 9.69 Å². The fourth-order valence-corrected chi connectivity index (χ4v) is 1.76. The van der Waals surface area contributed by atoms with Crippen molar-refractivity contribution in [2.24, 2.45) is 0 Å². The summed E-state index contributed by atoms with van der Waals surface area (Å²) in [5.41, 5.74) is 1.23. The number of benzene rings is 1. The third-order valence-corrected chi connectivity index (χ3v) is 2.77. The van der Waals surface area contributed by atoms with E-state index in [1.807, 2.05) is 6.92 Å². The van der Waals surface area contributed by atoms with Gasteiger partial charge in [-0.1, -0.05) is 6.92 Å². The van der Waals surface area contributed by atoms with Crippen LogP contribution < -0.4 is 4.90 Å². The summed E-state index contributed by atoms with van der Waals surface area (Å²) in [6.45, 7) is 3.84. The second-order valence-electron chi connectivity index (χ2n) is 3.89. The van der Waals surface area contributed by atoms with Gasteiger partial charge in [0.2, 0.25) is 0 Å². The molecule has 1 heterocycles. The van der Waals surface area contributed by atoms with Crippen molar-refractivity contribution in [2.75, 3.05) is 11.6 Å². The number of ether oxygens (including phenoxy) is 1. The Hall–Kier alpha value is -1.42. The SMILES string of the molecule is CCC1OCN(c2ccc(F)c(C)c2)C1=O. The number of anilines is 1. The minimum Gasteiger partial charge on any atom is -0.348 e. The molecule has 1 atom stereocenters. The highest BCUT2D eigenvalue weighted by atomic mass is 19.1. The first-order valence-corrected chi connectivity index (χ1v) is 5.32. The monoisotopic (exact) mass is 223 g/mol. The predicted octanol–water partition coefficient (Wildman–Crippen LogP) is 2.23. The number of halogens is 1. The zero-order valence-electron chi connectivity index (χ0n) is 9.37. The Morgan fingerprint density at radius 3 is 2.88 bits per heavy atom. The van der Waals surface area contributed by atoms with Crippen molar-refractivity contribution < 1.29 is 13.9 Å². The van der Waals surface area contributed by atoms with Crippen LogP contribution in [0.1, 0.15) is 18.9 Å². The summed E-state index contributed by atoms with van der Waals surface area (Å²) in [5, 5.41) is 0. The van der Waals surface area contributed by atoms with Gasteiger partial charge in [-0.05, 0) is 37.1 Å². The molecule has 0 radical (unpaired) electrons. The highest BCUT2D eigenvalue weighted by Gasteiger charge is 2.32. The quantitative estimate of drug-likeness (QED) is 0.769. The van der Waals surface area contributed by atoms with E-state index in [4.69, 9.17) is 4.74 Å². The van der Waals surface area contributed by atoms with Crippen LogP contribution in [0.25, 0.3) is 0 Å². The number of hydrogen-bond acceptors (Lipinski definition) is 2. The molecule has 4 heteroatoms. The second-order valence-corrected chi connectivity index (χ2v) is 3.89. The number of amides is 1. The normalized spacial score (nSPS) is 20.6. The van der Waals surface area contributed by atoms with Crippen LogP contribution in [-0.4, -0.2) is 18.7 Å². The smallest absolute Gasteiger partial charge is 0.258 e. The van der Waals surface area contributed by atoms with Crippen molar-refractivity contribution in [3.05, 3.63) is 29.6 Å². The first kappa shape index (κ1) is 11.1. The molecule has 1 aromatic carbocycles. The van der Waals surface area contributed by atoms with Gasteiger partial charge < -0.3 is 4.74 Å². The average molecular weight is 223 g/mol. The number of nitrogens with zero attached hydrogens (tertiary/aromatic N) is 1. The Morgan fingerprint density at radius 1 is 1.56 bits per heavy atom. The summed E-state index contributed by atoms with van der Waals surface area (Å²) in [6.07, 6.45) is 0.306. The van der Waals surface area contributed by atoms with Crippen LogP contribution in [0.5, 0.6) is 0 Å². The zero-order chi connectivity index (χ0) is 11.7. The van der Waals surface area contributed by atoms with Crippen molar-refractivity contribution in [1.29, 1.82) is 0 Å². The van der Waals surface area contributed by atoms with E-state index in [0.29, 0.717) is 17.7 Å². The number of aryl methyl sites for hydroxylation is 1. The average Bonchev–Trinajstić information content (AvgIpc) is 2.64. The minimum atomic E-state index is -0.356. The molecule has 1 fully saturated rings. The van der Waals surface area contributed by atoms with E-state index in [9.17, 15) is 9.18 Å². The van der Waals surface area contributed by atoms with Crippen LogP contribution >= 0.6 is 0 Å². The van der Waals surface area contributed by atoms with Crippen LogP contribution in [0.3, 0.4) is 0 Å². The Morgan fingerprint density at radius 2 is 2.31 bits per heavy atom. The lowest BCUT2D eigenvalue weighted by atomic mass is 10.2. The first-order valence-electron chi connectivity index (χ1n) is 5.32. The molecule has 1 amide bonds. The number of rotatable bonds is 2. The molecule has 1 aliphatic heterocycles. The Bertz CT molecular complexity index is 419. The molecule has 0 N–H and O–H groups in total. The summed E-state index contributed by atoms with van der Waals surface area (Å²) in [5.74, 6) is -0.308. The van der Waals surface area contributed by atoms with Gasteiger partial charge in [0.1, 0.15) is 18.7 Å². The Kier molecular flexibility index (Phi) is 2.92. The molecule has 1 aliphatic rings. The largest absolute Gasteiger partial charge is 0.348 e. The van der Waals surface area contributed by atoms with Crippen LogP contribution in [0.4, 0.5) is 10.1 Å².